The molecule has 0 aliphatic carbocycles. The monoisotopic (exact) mass is 577 g/mol. The second kappa shape index (κ2) is 11.3. The molecule has 11 heteroatoms. The molecule has 0 spiro atoms. The van der Waals surface area contributed by atoms with Crippen molar-refractivity contribution in [2.45, 2.75) is 38.6 Å². The zero-order valence-electron chi connectivity index (χ0n) is 23.1. The summed E-state index contributed by atoms with van der Waals surface area (Å²) in [5.41, 5.74) is 9.10. The van der Waals surface area contributed by atoms with Gasteiger partial charge in [-0.25, -0.2) is 22.3 Å². The van der Waals surface area contributed by atoms with Crippen molar-refractivity contribution in [2.75, 3.05) is 18.5 Å². The van der Waals surface area contributed by atoms with Gasteiger partial charge in [-0.1, -0.05) is 50.2 Å². The number of para-hydroxylation sites is 1. The van der Waals surface area contributed by atoms with E-state index in [1.807, 2.05) is 25.1 Å². The van der Waals surface area contributed by atoms with Crippen LogP contribution in [0.15, 0.2) is 71.6 Å². The molecule has 0 atom stereocenters. The van der Waals surface area contributed by atoms with Gasteiger partial charge in [0, 0.05) is 30.6 Å². The molecule has 0 bridgehead atoms. The van der Waals surface area contributed by atoms with Crippen molar-refractivity contribution in [1.29, 1.82) is 0 Å². The van der Waals surface area contributed by atoms with Gasteiger partial charge in [0.15, 0.2) is 0 Å². The number of hydrogen-bond donors (Lipinski definition) is 2. The molecule has 41 heavy (non-hydrogen) atoms. The number of rotatable bonds is 8. The zero-order valence-corrected chi connectivity index (χ0v) is 23.9. The number of urea groups is 1. The molecule has 9 nitrogen and oxygen atoms in total. The maximum Gasteiger partial charge on any atom is 0.316 e. The van der Waals surface area contributed by atoms with Crippen molar-refractivity contribution in [2.24, 2.45) is 11.7 Å². The lowest BCUT2D eigenvalue weighted by Gasteiger charge is -2.26. The van der Waals surface area contributed by atoms with Crippen molar-refractivity contribution in [3.8, 4) is 22.7 Å². The van der Waals surface area contributed by atoms with Crippen molar-refractivity contribution in [3.05, 3.63) is 89.4 Å². The van der Waals surface area contributed by atoms with Crippen LogP contribution in [0.25, 0.3) is 16.9 Å². The van der Waals surface area contributed by atoms with Gasteiger partial charge in [-0.05, 0) is 48.7 Å². The Morgan fingerprint density at radius 3 is 2.56 bits per heavy atom. The molecule has 1 aromatic heterocycles. The summed E-state index contributed by atoms with van der Waals surface area (Å²) in [4.78, 5) is 11.6. The Labute approximate surface area is 238 Å². The topological polar surface area (TPSA) is 120 Å². The van der Waals surface area contributed by atoms with E-state index in [4.69, 9.17) is 15.6 Å². The minimum Gasteiger partial charge on any atom is -0.491 e. The SMILES string of the molecule is Cc1cccc(OCC(C)C)c1-n1nc2c(c1-c1ccc(NC(N)=O)c(F)c1)CN(S(=O)(=O)c1ccccc1)CC2. The van der Waals surface area contributed by atoms with Crippen molar-refractivity contribution < 1.29 is 22.3 Å². The Morgan fingerprint density at radius 2 is 1.88 bits per heavy atom. The fourth-order valence-electron chi connectivity index (χ4n) is 4.93. The first-order valence-corrected chi connectivity index (χ1v) is 14.8. The number of sulfonamides is 1. The first-order chi connectivity index (χ1) is 19.6. The molecule has 0 unspecified atom stereocenters. The summed E-state index contributed by atoms with van der Waals surface area (Å²) in [6.07, 6.45) is 0.374. The number of aromatic nitrogens is 2. The standard InChI is InChI=1S/C30H32FN5O4S/c1-19(2)18-40-27-11-7-8-20(3)28(27)36-29(21-12-13-26(24(31)16-21)33-30(32)37)23-17-35(15-14-25(23)34-36)41(38,39)22-9-5-4-6-10-22/h4-13,16,19H,14-15,17-18H2,1-3H3,(H3,32,33,37). The molecule has 0 saturated heterocycles. The van der Waals surface area contributed by atoms with Gasteiger partial charge in [-0.2, -0.15) is 9.40 Å². The zero-order chi connectivity index (χ0) is 29.3. The fraction of sp³-hybridized carbons (Fsp3) is 0.267. The van der Waals surface area contributed by atoms with Gasteiger partial charge in [-0.3, -0.25) is 0 Å². The van der Waals surface area contributed by atoms with Gasteiger partial charge in [0.25, 0.3) is 0 Å². The number of ether oxygens (including phenoxy) is 1. The Bertz CT molecular complexity index is 1700. The number of benzene rings is 3. The summed E-state index contributed by atoms with van der Waals surface area (Å²) in [7, 11) is -3.79. The number of amides is 2. The van der Waals surface area contributed by atoms with Crippen LogP contribution in [0.3, 0.4) is 0 Å². The van der Waals surface area contributed by atoms with Crippen LogP contribution in [0, 0.1) is 18.7 Å². The van der Waals surface area contributed by atoms with Crippen LogP contribution in [-0.4, -0.2) is 41.7 Å². The summed E-state index contributed by atoms with van der Waals surface area (Å²) in [5, 5.41) is 7.22. The molecule has 0 fully saturated rings. The highest BCUT2D eigenvalue weighted by atomic mass is 32.2. The van der Waals surface area contributed by atoms with E-state index in [9.17, 15) is 13.2 Å². The van der Waals surface area contributed by atoms with Crippen LogP contribution in [0.1, 0.15) is 30.7 Å². The first kappa shape index (κ1) is 28.3. The molecule has 1 aliphatic rings. The minimum absolute atomic E-state index is 0.0544. The number of nitrogens with two attached hydrogens (primary N) is 1. The molecule has 0 saturated carbocycles. The number of nitrogens with zero attached hydrogens (tertiary/aromatic N) is 3. The largest absolute Gasteiger partial charge is 0.491 e. The van der Waals surface area contributed by atoms with Gasteiger partial charge in [-0.15, -0.1) is 0 Å². The number of nitrogens with one attached hydrogen (secondary N) is 1. The number of primary amides is 1. The van der Waals surface area contributed by atoms with E-state index in [2.05, 4.69) is 19.2 Å². The number of carbonyl (C=O) groups is 1. The third-order valence-electron chi connectivity index (χ3n) is 6.87. The quantitative estimate of drug-likeness (QED) is 0.296. The molecule has 3 aromatic carbocycles. The molecule has 2 heterocycles. The van der Waals surface area contributed by atoms with E-state index >= 15 is 4.39 Å². The predicted molar refractivity (Wildman–Crippen MR) is 155 cm³/mol. The Kier molecular flexibility index (Phi) is 7.83. The lowest BCUT2D eigenvalue weighted by atomic mass is 10.0. The predicted octanol–water partition coefficient (Wildman–Crippen LogP) is 5.26. The molecule has 5 rings (SSSR count). The lowest BCUT2D eigenvalue weighted by molar-refractivity contribution is 0.259. The number of anilines is 1. The van der Waals surface area contributed by atoms with Gasteiger partial charge in [0.1, 0.15) is 17.3 Å². The van der Waals surface area contributed by atoms with Crippen LogP contribution in [-0.2, 0) is 23.0 Å². The average Bonchev–Trinajstić information content (AvgIpc) is 3.31. The fourth-order valence-corrected chi connectivity index (χ4v) is 6.36. The molecule has 0 radical (unpaired) electrons. The second-order valence-corrected chi connectivity index (χ2v) is 12.3. The lowest BCUT2D eigenvalue weighted by Crippen LogP contribution is -2.35. The van der Waals surface area contributed by atoms with Crippen LogP contribution in [0.4, 0.5) is 14.9 Å². The molecule has 214 valence electrons. The molecular weight excluding hydrogens is 545 g/mol. The normalized spacial score (nSPS) is 13.7. The highest BCUT2D eigenvalue weighted by Crippen LogP contribution is 2.38. The molecule has 2 amide bonds. The van der Waals surface area contributed by atoms with Crippen molar-refractivity contribution >= 4 is 21.7 Å². The van der Waals surface area contributed by atoms with Crippen molar-refractivity contribution in [3.63, 3.8) is 0 Å². The van der Waals surface area contributed by atoms with Gasteiger partial charge in [0.2, 0.25) is 10.0 Å². The average molecular weight is 578 g/mol. The Balaban J connectivity index is 1.68. The summed E-state index contributed by atoms with van der Waals surface area (Å²) in [5.74, 6) is 0.208. The molecule has 1 aliphatic heterocycles. The van der Waals surface area contributed by atoms with E-state index < -0.39 is 21.9 Å². The van der Waals surface area contributed by atoms with Gasteiger partial charge < -0.3 is 15.8 Å². The third kappa shape index (κ3) is 5.68. The molecule has 4 aromatic rings. The van der Waals surface area contributed by atoms with Crippen molar-refractivity contribution in [1.82, 2.24) is 14.1 Å². The number of aryl methyl sites for hydroxylation is 1. The number of fused-ring (bicyclic) bond motifs is 1. The number of carbonyl (C=O) groups excluding carboxylic acids is 1. The number of hydrogen-bond acceptors (Lipinski definition) is 5. The van der Waals surface area contributed by atoms with E-state index in [0.29, 0.717) is 41.3 Å². The van der Waals surface area contributed by atoms with E-state index in [1.165, 1.54) is 16.4 Å². The first-order valence-electron chi connectivity index (χ1n) is 13.3. The maximum atomic E-state index is 15.2. The van der Waals surface area contributed by atoms with Crippen LogP contribution in [0.2, 0.25) is 0 Å². The summed E-state index contributed by atoms with van der Waals surface area (Å²) >= 11 is 0. The summed E-state index contributed by atoms with van der Waals surface area (Å²) in [6.45, 7) is 6.84. The van der Waals surface area contributed by atoms with Gasteiger partial charge in [0.05, 0.1) is 28.6 Å². The van der Waals surface area contributed by atoms with Gasteiger partial charge >= 0.3 is 6.03 Å². The highest BCUT2D eigenvalue weighted by Gasteiger charge is 2.34. The molecular formula is C30H32FN5O4S. The smallest absolute Gasteiger partial charge is 0.316 e. The van der Waals surface area contributed by atoms with E-state index in [1.54, 1.807) is 41.1 Å². The second-order valence-electron chi connectivity index (χ2n) is 10.4. The maximum absolute atomic E-state index is 15.2. The highest BCUT2D eigenvalue weighted by molar-refractivity contribution is 7.89. The Hall–Kier alpha value is -4.22. The Morgan fingerprint density at radius 1 is 1.12 bits per heavy atom. The van der Waals surface area contributed by atoms with E-state index in [0.717, 1.165) is 11.3 Å². The molecule has 3 N–H and O–H groups in total. The third-order valence-corrected chi connectivity index (χ3v) is 8.72. The van der Waals surface area contributed by atoms with Crippen LogP contribution < -0.4 is 15.8 Å². The summed E-state index contributed by atoms with van der Waals surface area (Å²) < 4.78 is 51.6. The van der Waals surface area contributed by atoms with Crippen LogP contribution >= 0.6 is 0 Å². The number of halogens is 1. The van der Waals surface area contributed by atoms with Crippen LogP contribution in [0.5, 0.6) is 5.75 Å². The summed E-state index contributed by atoms with van der Waals surface area (Å²) in [6, 6.07) is 17.5. The minimum atomic E-state index is -3.79. The van der Waals surface area contributed by atoms with E-state index in [-0.39, 0.29) is 29.6 Å².